The summed E-state index contributed by atoms with van der Waals surface area (Å²) in [4.78, 5) is 40.3. The summed E-state index contributed by atoms with van der Waals surface area (Å²) in [5.74, 6) is -0.436. The maximum atomic E-state index is 12.7. The summed E-state index contributed by atoms with van der Waals surface area (Å²) in [6.07, 6.45) is 6.20. The fourth-order valence-corrected chi connectivity index (χ4v) is 5.33. The summed E-state index contributed by atoms with van der Waals surface area (Å²) in [6.45, 7) is 8.77. The minimum Gasteiger partial charge on any atom is -0.481 e. The van der Waals surface area contributed by atoms with Crippen LogP contribution in [0.4, 0.5) is 22.9 Å². The van der Waals surface area contributed by atoms with Crippen molar-refractivity contribution in [2.45, 2.75) is 51.5 Å². The van der Waals surface area contributed by atoms with Crippen LogP contribution in [-0.4, -0.2) is 58.2 Å². The lowest BCUT2D eigenvalue weighted by atomic mass is 9.97. The fourth-order valence-electron chi connectivity index (χ4n) is 5.33. The fraction of sp³-hybridized carbons (Fsp3) is 0.520. The van der Waals surface area contributed by atoms with E-state index in [1.54, 1.807) is 0 Å². The summed E-state index contributed by atoms with van der Waals surface area (Å²) < 4.78 is 0. The standard InChI is InChI=1S/C25H32N6O3/c1-15-13-20-21(14-19(15)28-18-5-3-4-6-18)31(23-22(29-20)24(32)27-16(2)26-23)12-11-30-9-7-17(8-10-30)25(33)34/h13-14,17-18,28H,2-12H2,1H3,(H,27,32)(H,33,34). The van der Waals surface area contributed by atoms with Gasteiger partial charge in [-0.05, 0) is 63.4 Å². The summed E-state index contributed by atoms with van der Waals surface area (Å²) in [7, 11) is 0. The Morgan fingerprint density at radius 2 is 1.94 bits per heavy atom. The summed E-state index contributed by atoms with van der Waals surface area (Å²) in [5.41, 5.74) is 3.90. The number of H-pyrrole nitrogens is 1. The van der Waals surface area contributed by atoms with Crippen LogP contribution in [-0.2, 0) is 4.79 Å². The van der Waals surface area contributed by atoms with Crippen molar-refractivity contribution in [2.24, 2.45) is 10.9 Å². The molecule has 1 saturated heterocycles. The summed E-state index contributed by atoms with van der Waals surface area (Å²) in [6, 6.07) is 4.66. The van der Waals surface area contributed by atoms with Crippen LogP contribution in [0, 0.1) is 12.8 Å². The zero-order chi connectivity index (χ0) is 23.8. The molecule has 3 N–H and O–H groups in total. The zero-order valence-electron chi connectivity index (χ0n) is 19.6. The second-order valence-electron chi connectivity index (χ2n) is 9.68. The van der Waals surface area contributed by atoms with Gasteiger partial charge in [0.15, 0.2) is 11.2 Å². The van der Waals surface area contributed by atoms with E-state index in [-0.39, 0.29) is 11.5 Å². The first-order valence-corrected chi connectivity index (χ1v) is 12.2. The number of likely N-dealkylation sites (tertiary alicyclic amines) is 1. The van der Waals surface area contributed by atoms with Crippen LogP contribution in [0.3, 0.4) is 0 Å². The molecule has 0 unspecified atom stereocenters. The van der Waals surface area contributed by atoms with Crippen LogP contribution in [0.15, 0.2) is 21.9 Å². The maximum absolute atomic E-state index is 12.7. The smallest absolute Gasteiger partial charge is 0.306 e. The van der Waals surface area contributed by atoms with Gasteiger partial charge in [-0.3, -0.25) is 9.59 Å². The molecule has 2 aliphatic heterocycles. The third-order valence-electron chi connectivity index (χ3n) is 7.32. The molecule has 1 aromatic carbocycles. The van der Waals surface area contributed by atoms with Crippen molar-refractivity contribution in [1.82, 2.24) is 14.9 Å². The van der Waals surface area contributed by atoms with Crippen molar-refractivity contribution in [2.75, 3.05) is 36.4 Å². The molecular formula is C25H32N6O3. The number of aliphatic carboxylic acids is 1. The molecule has 9 heteroatoms. The quantitative estimate of drug-likeness (QED) is 0.599. The van der Waals surface area contributed by atoms with E-state index in [9.17, 15) is 14.7 Å². The van der Waals surface area contributed by atoms with Crippen LogP contribution < -0.4 is 26.6 Å². The molecule has 0 atom stereocenters. The van der Waals surface area contributed by atoms with Crippen LogP contribution in [0.25, 0.3) is 6.58 Å². The highest BCUT2D eigenvalue weighted by molar-refractivity contribution is 5.80. The number of carboxylic acids is 1. The number of nitrogens with one attached hydrogen (secondary N) is 2. The maximum Gasteiger partial charge on any atom is 0.306 e. The first kappa shape index (κ1) is 22.6. The Bertz CT molecular complexity index is 1260. The number of hydrogen-bond donors (Lipinski definition) is 3. The summed E-state index contributed by atoms with van der Waals surface area (Å²) >= 11 is 0. The number of nitrogens with zero attached hydrogens (tertiary/aromatic N) is 4. The van der Waals surface area contributed by atoms with Gasteiger partial charge in [-0.15, -0.1) is 0 Å². The zero-order valence-corrected chi connectivity index (χ0v) is 19.6. The molecule has 3 aliphatic rings. The molecule has 5 rings (SSSR count). The van der Waals surface area contributed by atoms with Gasteiger partial charge in [0.25, 0.3) is 5.56 Å². The number of hydrogen-bond acceptors (Lipinski definition) is 7. The number of aromatic amines is 1. The number of carboxylic acid groups (broad SMARTS) is 1. The Labute approximate surface area is 198 Å². The number of carbonyl (C=O) groups is 1. The van der Waals surface area contributed by atoms with Crippen molar-refractivity contribution in [1.29, 1.82) is 0 Å². The summed E-state index contributed by atoms with van der Waals surface area (Å²) in [5, 5.41) is 13.3. The molecule has 0 radical (unpaired) electrons. The number of aromatic nitrogens is 2. The molecule has 0 spiro atoms. The number of benzene rings is 1. The second kappa shape index (κ2) is 9.21. The van der Waals surface area contributed by atoms with E-state index < -0.39 is 5.97 Å². The number of fused-ring (bicyclic) bond motifs is 2. The molecule has 2 fully saturated rings. The lowest BCUT2D eigenvalue weighted by molar-refractivity contribution is -0.143. The minimum atomic E-state index is -0.704. The van der Waals surface area contributed by atoms with Crippen LogP contribution >= 0.6 is 0 Å². The highest BCUT2D eigenvalue weighted by atomic mass is 16.4. The van der Waals surface area contributed by atoms with Crippen LogP contribution in [0.5, 0.6) is 0 Å². The molecule has 1 saturated carbocycles. The highest BCUT2D eigenvalue weighted by Crippen LogP contribution is 2.39. The number of anilines is 3. The molecule has 2 aromatic rings. The molecule has 34 heavy (non-hydrogen) atoms. The Kier molecular flexibility index (Phi) is 6.12. The van der Waals surface area contributed by atoms with Gasteiger partial charge in [-0.25, -0.2) is 9.98 Å². The van der Waals surface area contributed by atoms with Crippen molar-refractivity contribution >= 4 is 35.4 Å². The molecular weight excluding hydrogens is 432 g/mol. The van der Waals surface area contributed by atoms with E-state index in [0.717, 1.165) is 42.3 Å². The molecule has 9 nitrogen and oxygen atoms in total. The Hall–Kier alpha value is -3.20. The van der Waals surface area contributed by atoms with Crippen LogP contribution in [0.1, 0.15) is 44.1 Å². The minimum absolute atomic E-state index is 0.257. The lowest BCUT2D eigenvalue weighted by Gasteiger charge is -2.34. The van der Waals surface area contributed by atoms with E-state index >= 15 is 0 Å². The first-order chi connectivity index (χ1) is 16.4. The van der Waals surface area contributed by atoms with E-state index in [1.807, 2.05) is 6.07 Å². The van der Waals surface area contributed by atoms with Crippen molar-refractivity contribution in [3.8, 4) is 0 Å². The second-order valence-corrected chi connectivity index (χ2v) is 9.68. The molecule has 3 heterocycles. The normalized spacial score (nSPS) is 18.9. The van der Waals surface area contributed by atoms with Gasteiger partial charge in [-0.1, -0.05) is 19.4 Å². The molecule has 0 bridgehead atoms. The predicted octanol–water partition coefficient (Wildman–Crippen LogP) is 2.04. The van der Waals surface area contributed by atoms with Crippen molar-refractivity contribution < 1.29 is 9.90 Å². The molecule has 0 amide bonds. The van der Waals surface area contributed by atoms with Gasteiger partial charge < -0.3 is 25.2 Å². The van der Waals surface area contributed by atoms with Gasteiger partial charge in [0, 0.05) is 24.8 Å². The van der Waals surface area contributed by atoms with Gasteiger partial charge in [0.05, 0.1) is 17.3 Å². The lowest BCUT2D eigenvalue weighted by Crippen LogP contribution is -2.45. The number of rotatable bonds is 6. The third-order valence-corrected chi connectivity index (χ3v) is 7.32. The third kappa shape index (κ3) is 4.44. The monoisotopic (exact) mass is 464 g/mol. The molecule has 1 aromatic heterocycles. The van der Waals surface area contributed by atoms with Crippen molar-refractivity contribution in [3.05, 3.63) is 38.9 Å². The average molecular weight is 465 g/mol. The topological polar surface area (TPSA) is 114 Å². The van der Waals surface area contributed by atoms with Gasteiger partial charge in [0.1, 0.15) is 5.48 Å². The average Bonchev–Trinajstić information content (AvgIpc) is 3.31. The highest BCUT2D eigenvalue weighted by Gasteiger charge is 2.28. The Balaban J connectivity index is 1.46. The predicted molar refractivity (Wildman–Crippen MR) is 132 cm³/mol. The van der Waals surface area contributed by atoms with Crippen LogP contribution in [0.2, 0.25) is 0 Å². The van der Waals surface area contributed by atoms with E-state index in [0.29, 0.717) is 42.1 Å². The Morgan fingerprint density at radius 1 is 1.21 bits per heavy atom. The SMILES string of the molecule is C=c1nc2c(c(=O)[nH]1)=Nc1cc(C)c(NC3CCCC3)cc1N2CCN1CCC(C(=O)O)CC1. The van der Waals surface area contributed by atoms with Crippen molar-refractivity contribution in [3.63, 3.8) is 0 Å². The Morgan fingerprint density at radius 3 is 2.65 bits per heavy atom. The van der Waals surface area contributed by atoms with Gasteiger partial charge in [-0.2, -0.15) is 0 Å². The van der Waals surface area contributed by atoms with Gasteiger partial charge in [0.2, 0.25) is 0 Å². The number of aryl methyl sites for hydroxylation is 1. The van der Waals surface area contributed by atoms with E-state index in [2.05, 4.69) is 49.6 Å². The number of piperidine rings is 1. The molecule has 180 valence electrons. The largest absolute Gasteiger partial charge is 0.481 e. The first-order valence-electron chi connectivity index (χ1n) is 12.2. The van der Waals surface area contributed by atoms with Gasteiger partial charge >= 0.3 is 5.97 Å². The molecule has 1 aliphatic carbocycles. The van der Waals surface area contributed by atoms with E-state index in [4.69, 9.17) is 0 Å². The van der Waals surface area contributed by atoms with E-state index in [1.165, 1.54) is 25.7 Å².